The molecule has 1 aliphatic heterocycles. The Morgan fingerprint density at radius 1 is 1.75 bits per heavy atom. The van der Waals surface area contributed by atoms with Crippen molar-refractivity contribution in [1.29, 1.82) is 0 Å². The lowest BCUT2D eigenvalue weighted by molar-refractivity contribution is -0.0321. The van der Waals surface area contributed by atoms with Crippen LogP contribution in [0.15, 0.2) is 4.99 Å². The summed E-state index contributed by atoms with van der Waals surface area (Å²) in [6.07, 6.45) is 1.67. The monoisotopic (exact) mass is 114 g/mol. The average Bonchev–Trinajstić information content (AvgIpc) is 1.65. The van der Waals surface area contributed by atoms with Crippen LogP contribution in [-0.2, 0) is 4.74 Å². The van der Waals surface area contributed by atoms with Crippen molar-refractivity contribution in [3.63, 3.8) is 0 Å². The maximum Gasteiger partial charge on any atom is 0.142 e. The Bertz CT molecular complexity index is 109. The topological polar surface area (TPSA) is 33.6 Å². The van der Waals surface area contributed by atoms with Crippen molar-refractivity contribution in [3.05, 3.63) is 0 Å². The van der Waals surface area contributed by atoms with Crippen molar-refractivity contribution in [2.24, 2.45) is 4.99 Å². The van der Waals surface area contributed by atoms with Crippen LogP contribution in [0.3, 0.4) is 0 Å². The van der Waals surface area contributed by atoms with Crippen molar-refractivity contribution in [2.45, 2.75) is 19.6 Å². The van der Waals surface area contributed by atoms with Crippen molar-refractivity contribution in [3.8, 4) is 0 Å². The third-order valence-corrected chi connectivity index (χ3v) is 1.00. The fourth-order valence-electron chi connectivity index (χ4n) is 0.479. The van der Waals surface area contributed by atoms with E-state index >= 15 is 0 Å². The van der Waals surface area contributed by atoms with Crippen LogP contribution in [0, 0.1) is 0 Å². The van der Waals surface area contributed by atoms with Crippen LogP contribution < -0.4 is 5.32 Å². The second kappa shape index (κ2) is 1.74. The van der Waals surface area contributed by atoms with E-state index in [1.54, 1.807) is 6.34 Å². The Morgan fingerprint density at radius 3 is 2.75 bits per heavy atom. The molecule has 0 unspecified atom stereocenters. The Morgan fingerprint density at radius 2 is 2.50 bits per heavy atom. The van der Waals surface area contributed by atoms with E-state index in [1.807, 2.05) is 13.8 Å². The zero-order chi connectivity index (χ0) is 6.04. The molecule has 0 bridgehead atoms. The molecule has 1 heterocycles. The summed E-state index contributed by atoms with van der Waals surface area (Å²) in [6.45, 7) is 4.39. The van der Waals surface area contributed by atoms with Gasteiger partial charge in [0, 0.05) is 0 Å². The molecule has 8 heavy (non-hydrogen) atoms. The van der Waals surface area contributed by atoms with Crippen molar-refractivity contribution in [2.75, 3.05) is 6.73 Å². The number of aliphatic imine (C=N–C) groups is 1. The van der Waals surface area contributed by atoms with Gasteiger partial charge < -0.3 is 10.1 Å². The van der Waals surface area contributed by atoms with Gasteiger partial charge in [0.25, 0.3) is 0 Å². The lowest BCUT2D eigenvalue weighted by atomic mass is 10.3. The molecule has 1 aliphatic rings. The molecule has 0 atom stereocenters. The molecule has 0 aromatic heterocycles. The number of nitrogens with zero attached hydrogens (tertiary/aromatic N) is 1. The molecule has 0 saturated heterocycles. The fourth-order valence-corrected chi connectivity index (χ4v) is 0.479. The van der Waals surface area contributed by atoms with E-state index in [4.69, 9.17) is 4.74 Å². The smallest absolute Gasteiger partial charge is 0.142 e. The summed E-state index contributed by atoms with van der Waals surface area (Å²) in [4.78, 5) is 3.81. The molecule has 0 amide bonds. The van der Waals surface area contributed by atoms with Crippen LogP contribution in [0.2, 0.25) is 0 Å². The highest BCUT2D eigenvalue weighted by Crippen LogP contribution is 2.04. The first-order valence-electron chi connectivity index (χ1n) is 2.61. The largest absolute Gasteiger partial charge is 0.349 e. The third kappa shape index (κ3) is 1.20. The first-order chi connectivity index (χ1) is 3.71. The molecule has 0 fully saturated rings. The van der Waals surface area contributed by atoms with Crippen LogP contribution in [0.5, 0.6) is 0 Å². The molecule has 0 aliphatic carbocycles. The van der Waals surface area contributed by atoms with Gasteiger partial charge >= 0.3 is 0 Å². The van der Waals surface area contributed by atoms with E-state index in [0.29, 0.717) is 6.73 Å². The van der Waals surface area contributed by atoms with Gasteiger partial charge in [0.1, 0.15) is 12.5 Å². The normalized spacial score (nSPS) is 24.8. The van der Waals surface area contributed by atoms with Crippen LogP contribution >= 0.6 is 0 Å². The zero-order valence-corrected chi connectivity index (χ0v) is 5.14. The fraction of sp³-hybridized carbons (Fsp3) is 0.800. The Balaban J connectivity index is 2.50. The summed E-state index contributed by atoms with van der Waals surface area (Å²) in [5.74, 6) is 0. The van der Waals surface area contributed by atoms with Crippen LogP contribution in [0.1, 0.15) is 13.8 Å². The van der Waals surface area contributed by atoms with E-state index in [1.165, 1.54) is 0 Å². The molecule has 46 valence electrons. The summed E-state index contributed by atoms with van der Waals surface area (Å²) in [5, 5.41) is 2.94. The van der Waals surface area contributed by atoms with Crippen LogP contribution in [-0.4, -0.2) is 18.8 Å². The minimum atomic E-state index is -0.220. The summed E-state index contributed by atoms with van der Waals surface area (Å²) in [5.41, 5.74) is -0.220. The van der Waals surface area contributed by atoms with Crippen LogP contribution in [0.4, 0.5) is 0 Å². The highest BCUT2D eigenvalue weighted by atomic mass is 16.5. The van der Waals surface area contributed by atoms with E-state index in [-0.39, 0.29) is 5.72 Å². The molecule has 0 aromatic rings. The van der Waals surface area contributed by atoms with Gasteiger partial charge in [-0.15, -0.1) is 0 Å². The molecule has 0 spiro atoms. The molecular weight excluding hydrogens is 104 g/mol. The average molecular weight is 114 g/mol. The predicted molar refractivity (Wildman–Crippen MR) is 31.7 cm³/mol. The Kier molecular flexibility index (Phi) is 1.21. The maximum atomic E-state index is 5.16. The lowest BCUT2D eigenvalue weighted by Gasteiger charge is -2.27. The van der Waals surface area contributed by atoms with Gasteiger partial charge in [0.05, 0.1) is 6.34 Å². The quantitative estimate of drug-likeness (QED) is 0.492. The summed E-state index contributed by atoms with van der Waals surface area (Å²) in [7, 11) is 0. The minimum absolute atomic E-state index is 0.220. The predicted octanol–water partition coefficient (Wildman–Crippen LogP) is 0.328. The molecule has 1 N–H and O–H groups in total. The Labute approximate surface area is 48.8 Å². The Hall–Kier alpha value is -0.570. The summed E-state index contributed by atoms with van der Waals surface area (Å²) >= 11 is 0. The molecule has 3 nitrogen and oxygen atoms in total. The molecular formula is C5H10N2O. The number of rotatable bonds is 0. The second-order valence-electron chi connectivity index (χ2n) is 2.24. The number of ether oxygens (including phenoxy) is 1. The highest BCUT2D eigenvalue weighted by molar-refractivity contribution is 5.55. The number of nitrogens with one attached hydrogen (secondary N) is 1. The number of hydrogen-bond donors (Lipinski definition) is 1. The summed E-state index contributed by atoms with van der Waals surface area (Å²) < 4.78 is 5.16. The third-order valence-electron chi connectivity index (χ3n) is 1.00. The lowest BCUT2D eigenvalue weighted by Crippen LogP contribution is -2.43. The van der Waals surface area contributed by atoms with Gasteiger partial charge in [0.15, 0.2) is 0 Å². The first kappa shape index (κ1) is 5.56. The van der Waals surface area contributed by atoms with Gasteiger partial charge in [-0.2, -0.15) is 0 Å². The maximum absolute atomic E-state index is 5.16. The van der Waals surface area contributed by atoms with Crippen molar-refractivity contribution >= 4 is 6.34 Å². The SMILES string of the molecule is CC1(C)NC=NCO1. The van der Waals surface area contributed by atoms with E-state index in [0.717, 1.165) is 0 Å². The first-order valence-corrected chi connectivity index (χ1v) is 2.61. The summed E-state index contributed by atoms with van der Waals surface area (Å²) in [6, 6.07) is 0. The molecule has 1 rings (SSSR count). The van der Waals surface area contributed by atoms with E-state index in [2.05, 4.69) is 10.3 Å². The zero-order valence-electron chi connectivity index (χ0n) is 5.14. The molecule has 0 radical (unpaired) electrons. The molecule has 3 heteroatoms. The van der Waals surface area contributed by atoms with E-state index < -0.39 is 0 Å². The van der Waals surface area contributed by atoms with Gasteiger partial charge in [-0.25, -0.2) is 4.99 Å². The van der Waals surface area contributed by atoms with Gasteiger partial charge in [-0.1, -0.05) is 0 Å². The minimum Gasteiger partial charge on any atom is -0.349 e. The van der Waals surface area contributed by atoms with Gasteiger partial charge in [0.2, 0.25) is 0 Å². The van der Waals surface area contributed by atoms with Crippen LogP contribution in [0.25, 0.3) is 0 Å². The number of hydrogen-bond acceptors (Lipinski definition) is 3. The van der Waals surface area contributed by atoms with Crippen molar-refractivity contribution < 1.29 is 4.74 Å². The molecule has 0 saturated carbocycles. The molecule has 0 aromatic carbocycles. The standard InChI is InChI=1S/C5H10N2O/c1-5(2)7-3-6-4-8-5/h3H,4H2,1-2H3,(H,6,7). The highest BCUT2D eigenvalue weighted by Gasteiger charge is 2.17. The van der Waals surface area contributed by atoms with Gasteiger partial charge in [-0.05, 0) is 13.8 Å². The van der Waals surface area contributed by atoms with Crippen molar-refractivity contribution in [1.82, 2.24) is 5.32 Å². The van der Waals surface area contributed by atoms with Gasteiger partial charge in [-0.3, -0.25) is 0 Å². The van der Waals surface area contributed by atoms with E-state index in [9.17, 15) is 0 Å². The second-order valence-corrected chi connectivity index (χ2v) is 2.24.